The van der Waals surface area contributed by atoms with E-state index in [0.717, 1.165) is 5.69 Å². The summed E-state index contributed by atoms with van der Waals surface area (Å²) in [5, 5.41) is 2.93. The number of nitrogens with one attached hydrogen (secondary N) is 1. The van der Waals surface area contributed by atoms with Crippen molar-refractivity contribution >= 4 is 11.6 Å². The van der Waals surface area contributed by atoms with Gasteiger partial charge in [0.15, 0.2) is 0 Å². The number of benzene rings is 1. The Morgan fingerprint density at radius 2 is 1.62 bits per heavy atom. The normalized spacial score (nSPS) is 11.1. The second-order valence-corrected chi connectivity index (χ2v) is 5.15. The zero-order valence-corrected chi connectivity index (χ0v) is 10.7. The zero-order valence-electron chi connectivity index (χ0n) is 10.7. The molecule has 3 nitrogen and oxygen atoms in total. The highest BCUT2D eigenvalue weighted by molar-refractivity contribution is 5.94. The van der Waals surface area contributed by atoms with Gasteiger partial charge in [0.05, 0.1) is 0 Å². The number of nitrogens with zero attached hydrogens (tertiary/aromatic N) is 1. The summed E-state index contributed by atoms with van der Waals surface area (Å²) in [5.74, 6) is -0.0298. The predicted octanol–water partition coefficient (Wildman–Crippen LogP) is 2.28. The summed E-state index contributed by atoms with van der Waals surface area (Å²) >= 11 is 0. The standard InChI is InChI=1S/C13H20N2O/c1-13(2,3)14-12(16)10-6-8-11(9-7-10)15(4)5/h6-9H,1-5H3,(H,14,16). The molecule has 1 rings (SSSR count). The zero-order chi connectivity index (χ0) is 12.3. The third kappa shape index (κ3) is 3.57. The van der Waals surface area contributed by atoms with Crippen molar-refractivity contribution < 1.29 is 4.79 Å². The van der Waals surface area contributed by atoms with E-state index in [9.17, 15) is 4.79 Å². The molecule has 0 radical (unpaired) electrons. The topological polar surface area (TPSA) is 32.3 Å². The average Bonchev–Trinajstić information content (AvgIpc) is 2.15. The van der Waals surface area contributed by atoms with E-state index in [2.05, 4.69) is 5.32 Å². The Morgan fingerprint density at radius 1 is 1.12 bits per heavy atom. The average molecular weight is 220 g/mol. The lowest BCUT2D eigenvalue weighted by Crippen LogP contribution is -2.40. The number of anilines is 1. The summed E-state index contributed by atoms with van der Waals surface area (Å²) in [6.45, 7) is 5.91. The maximum Gasteiger partial charge on any atom is 0.251 e. The molecule has 1 aromatic carbocycles. The predicted molar refractivity (Wildman–Crippen MR) is 68.0 cm³/mol. The summed E-state index contributed by atoms with van der Waals surface area (Å²) in [6, 6.07) is 7.57. The molecule has 3 heteroatoms. The van der Waals surface area contributed by atoms with E-state index in [1.165, 1.54) is 0 Å². The summed E-state index contributed by atoms with van der Waals surface area (Å²) in [5.41, 5.74) is 1.59. The van der Waals surface area contributed by atoms with Crippen LogP contribution in [0.5, 0.6) is 0 Å². The second kappa shape index (κ2) is 4.56. The number of rotatable bonds is 2. The number of carbonyl (C=O) groups is 1. The quantitative estimate of drug-likeness (QED) is 0.829. The molecule has 0 saturated heterocycles. The van der Waals surface area contributed by atoms with Crippen molar-refractivity contribution in [1.82, 2.24) is 5.32 Å². The van der Waals surface area contributed by atoms with Crippen LogP contribution in [-0.4, -0.2) is 25.5 Å². The van der Waals surface area contributed by atoms with E-state index >= 15 is 0 Å². The van der Waals surface area contributed by atoms with Crippen molar-refractivity contribution in [3.63, 3.8) is 0 Å². The fourth-order valence-corrected chi connectivity index (χ4v) is 1.32. The molecule has 0 spiro atoms. The van der Waals surface area contributed by atoms with Gasteiger partial charge in [0.1, 0.15) is 0 Å². The summed E-state index contributed by atoms with van der Waals surface area (Å²) in [6.07, 6.45) is 0. The highest BCUT2D eigenvalue weighted by atomic mass is 16.1. The first-order valence-corrected chi connectivity index (χ1v) is 5.39. The smallest absolute Gasteiger partial charge is 0.251 e. The minimum Gasteiger partial charge on any atom is -0.378 e. The van der Waals surface area contributed by atoms with Crippen LogP contribution in [0.4, 0.5) is 5.69 Å². The molecular weight excluding hydrogens is 200 g/mol. The lowest BCUT2D eigenvalue weighted by molar-refractivity contribution is 0.0919. The van der Waals surface area contributed by atoms with E-state index in [4.69, 9.17) is 0 Å². The van der Waals surface area contributed by atoms with Gasteiger partial charge in [0, 0.05) is 30.9 Å². The van der Waals surface area contributed by atoms with Gasteiger partial charge in [-0.25, -0.2) is 0 Å². The van der Waals surface area contributed by atoms with Gasteiger partial charge < -0.3 is 10.2 Å². The minimum absolute atomic E-state index is 0.0298. The third-order valence-corrected chi connectivity index (χ3v) is 2.13. The third-order valence-electron chi connectivity index (χ3n) is 2.13. The maximum absolute atomic E-state index is 11.8. The Bertz CT molecular complexity index is 361. The number of hydrogen-bond donors (Lipinski definition) is 1. The van der Waals surface area contributed by atoms with Gasteiger partial charge in [-0.05, 0) is 45.0 Å². The highest BCUT2D eigenvalue weighted by Crippen LogP contribution is 2.12. The Kier molecular flexibility index (Phi) is 3.58. The monoisotopic (exact) mass is 220 g/mol. The Hall–Kier alpha value is -1.51. The van der Waals surface area contributed by atoms with Gasteiger partial charge in [-0.3, -0.25) is 4.79 Å². The van der Waals surface area contributed by atoms with Gasteiger partial charge in [-0.15, -0.1) is 0 Å². The van der Waals surface area contributed by atoms with Crippen molar-refractivity contribution in [3.05, 3.63) is 29.8 Å². The van der Waals surface area contributed by atoms with Gasteiger partial charge in [0.2, 0.25) is 0 Å². The van der Waals surface area contributed by atoms with Gasteiger partial charge in [0.25, 0.3) is 5.91 Å². The van der Waals surface area contributed by atoms with Gasteiger partial charge >= 0.3 is 0 Å². The first-order valence-electron chi connectivity index (χ1n) is 5.39. The van der Waals surface area contributed by atoms with E-state index in [1.807, 2.05) is 64.0 Å². The number of hydrogen-bond acceptors (Lipinski definition) is 2. The van der Waals surface area contributed by atoms with Crippen LogP contribution in [-0.2, 0) is 0 Å². The van der Waals surface area contributed by atoms with Crippen molar-refractivity contribution in [2.75, 3.05) is 19.0 Å². The fourth-order valence-electron chi connectivity index (χ4n) is 1.32. The largest absolute Gasteiger partial charge is 0.378 e. The number of carbonyl (C=O) groups excluding carboxylic acids is 1. The molecule has 88 valence electrons. The van der Waals surface area contributed by atoms with E-state index in [1.54, 1.807) is 0 Å². The molecule has 0 bridgehead atoms. The second-order valence-electron chi connectivity index (χ2n) is 5.15. The lowest BCUT2D eigenvalue weighted by atomic mass is 10.1. The molecule has 0 aromatic heterocycles. The van der Waals surface area contributed by atoms with Crippen LogP contribution in [0.15, 0.2) is 24.3 Å². The van der Waals surface area contributed by atoms with E-state index < -0.39 is 0 Å². The molecule has 1 amide bonds. The number of amides is 1. The van der Waals surface area contributed by atoms with Crippen LogP contribution in [0.25, 0.3) is 0 Å². The molecule has 0 saturated carbocycles. The van der Waals surface area contributed by atoms with Crippen LogP contribution >= 0.6 is 0 Å². The first-order chi connectivity index (χ1) is 7.29. The molecular formula is C13H20N2O. The van der Waals surface area contributed by atoms with Gasteiger partial charge in [-0.1, -0.05) is 0 Å². The van der Waals surface area contributed by atoms with E-state index in [0.29, 0.717) is 5.56 Å². The molecule has 0 atom stereocenters. The Balaban J connectivity index is 2.78. The first kappa shape index (κ1) is 12.6. The van der Waals surface area contributed by atoms with Crippen LogP contribution in [0.1, 0.15) is 31.1 Å². The highest BCUT2D eigenvalue weighted by Gasteiger charge is 2.14. The molecule has 0 aliphatic heterocycles. The summed E-state index contributed by atoms with van der Waals surface area (Å²) in [4.78, 5) is 13.8. The summed E-state index contributed by atoms with van der Waals surface area (Å²) in [7, 11) is 3.95. The molecule has 1 aromatic rings. The van der Waals surface area contributed by atoms with Crippen LogP contribution in [0.3, 0.4) is 0 Å². The molecule has 1 N–H and O–H groups in total. The fraction of sp³-hybridized carbons (Fsp3) is 0.462. The molecule has 0 aliphatic carbocycles. The lowest BCUT2D eigenvalue weighted by Gasteiger charge is -2.20. The van der Waals surface area contributed by atoms with Crippen LogP contribution in [0.2, 0.25) is 0 Å². The molecule has 0 aliphatic rings. The molecule has 0 fully saturated rings. The molecule has 0 unspecified atom stereocenters. The van der Waals surface area contributed by atoms with Crippen molar-refractivity contribution in [3.8, 4) is 0 Å². The van der Waals surface area contributed by atoms with Crippen molar-refractivity contribution in [1.29, 1.82) is 0 Å². The van der Waals surface area contributed by atoms with Gasteiger partial charge in [-0.2, -0.15) is 0 Å². The summed E-state index contributed by atoms with van der Waals surface area (Å²) < 4.78 is 0. The SMILES string of the molecule is CN(C)c1ccc(C(=O)NC(C)(C)C)cc1. The molecule has 16 heavy (non-hydrogen) atoms. The van der Waals surface area contributed by atoms with Crippen LogP contribution in [0, 0.1) is 0 Å². The Morgan fingerprint density at radius 3 is 2.00 bits per heavy atom. The van der Waals surface area contributed by atoms with Crippen molar-refractivity contribution in [2.24, 2.45) is 0 Å². The Labute approximate surface area is 97.5 Å². The van der Waals surface area contributed by atoms with Crippen molar-refractivity contribution in [2.45, 2.75) is 26.3 Å². The van der Waals surface area contributed by atoms with Crippen LogP contribution < -0.4 is 10.2 Å². The van der Waals surface area contributed by atoms with E-state index in [-0.39, 0.29) is 11.4 Å². The minimum atomic E-state index is -0.197. The molecule has 0 heterocycles. The maximum atomic E-state index is 11.8.